The summed E-state index contributed by atoms with van der Waals surface area (Å²) in [6.45, 7) is 3.08. The van der Waals surface area contributed by atoms with E-state index < -0.39 is 0 Å². The molecule has 1 heterocycles. The van der Waals surface area contributed by atoms with Crippen molar-refractivity contribution in [3.63, 3.8) is 0 Å². The van der Waals surface area contributed by atoms with Gasteiger partial charge in [-0.1, -0.05) is 11.8 Å². The summed E-state index contributed by atoms with van der Waals surface area (Å²) in [6.07, 6.45) is 0. The van der Waals surface area contributed by atoms with E-state index in [1.165, 1.54) is 11.8 Å². The zero-order valence-corrected chi connectivity index (χ0v) is 9.67. The first-order valence-corrected chi connectivity index (χ1v) is 5.60. The molecule has 0 saturated carbocycles. The highest BCUT2D eigenvalue weighted by molar-refractivity contribution is 7.99. The molecule has 15 heavy (non-hydrogen) atoms. The molecule has 0 aromatic carbocycles. The van der Waals surface area contributed by atoms with Crippen molar-refractivity contribution in [1.29, 1.82) is 0 Å². The quantitative estimate of drug-likeness (QED) is 0.657. The van der Waals surface area contributed by atoms with Crippen LogP contribution in [0, 0.1) is 6.92 Å². The van der Waals surface area contributed by atoms with E-state index in [1.807, 2.05) is 11.5 Å². The molecule has 0 bridgehead atoms. The summed E-state index contributed by atoms with van der Waals surface area (Å²) in [5, 5.41) is 11.2. The number of amides is 1. The molecule has 84 valence electrons. The Balaban J connectivity index is 2.63. The lowest BCUT2D eigenvalue weighted by molar-refractivity contribution is -0.118. The zero-order valence-electron chi connectivity index (χ0n) is 8.86. The summed E-state index contributed by atoms with van der Waals surface area (Å²) in [5.41, 5.74) is 5.47. The second kappa shape index (κ2) is 5.72. The van der Waals surface area contributed by atoms with Crippen molar-refractivity contribution in [1.82, 2.24) is 20.1 Å². The summed E-state index contributed by atoms with van der Waals surface area (Å²) in [4.78, 5) is 11.0. The fraction of sp³-hybridized carbons (Fsp3) is 0.625. The number of thioether (sulfide) groups is 1. The first-order valence-electron chi connectivity index (χ1n) is 4.62. The Hall–Kier alpha value is -1.08. The van der Waals surface area contributed by atoms with Crippen LogP contribution in [0.1, 0.15) is 5.82 Å². The van der Waals surface area contributed by atoms with E-state index in [2.05, 4.69) is 15.5 Å². The number of aryl methyl sites for hydroxylation is 1. The van der Waals surface area contributed by atoms with Gasteiger partial charge in [-0.25, -0.2) is 0 Å². The minimum absolute atomic E-state index is 0.0278. The first-order chi connectivity index (χ1) is 7.19. The molecule has 0 saturated heterocycles. The maximum atomic E-state index is 11.0. The third-order valence-corrected chi connectivity index (χ3v) is 2.83. The van der Waals surface area contributed by atoms with Crippen LogP contribution in [0.5, 0.6) is 0 Å². The summed E-state index contributed by atoms with van der Waals surface area (Å²) < 4.78 is 1.91. The lowest BCUT2D eigenvalue weighted by Gasteiger charge is -2.05. The second-order valence-electron chi connectivity index (χ2n) is 2.93. The highest BCUT2D eigenvalue weighted by Crippen LogP contribution is 2.15. The lowest BCUT2D eigenvalue weighted by Crippen LogP contribution is -2.20. The fourth-order valence-electron chi connectivity index (χ4n) is 1.06. The van der Waals surface area contributed by atoms with Crippen molar-refractivity contribution in [2.45, 2.75) is 18.6 Å². The molecule has 3 N–H and O–H groups in total. The van der Waals surface area contributed by atoms with Crippen molar-refractivity contribution < 1.29 is 4.79 Å². The number of hydrogen-bond acceptors (Lipinski definition) is 5. The Labute approximate surface area is 92.6 Å². The van der Waals surface area contributed by atoms with E-state index in [-0.39, 0.29) is 5.91 Å². The molecule has 0 atom stereocenters. The predicted molar refractivity (Wildman–Crippen MR) is 58.6 cm³/mol. The molecule has 0 aliphatic heterocycles. The van der Waals surface area contributed by atoms with Gasteiger partial charge in [-0.2, -0.15) is 0 Å². The van der Waals surface area contributed by atoms with Crippen LogP contribution in [0.25, 0.3) is 0 Å². The Morgan fingerprint density at radius 2 is 2.33 bits per heavy atom. The third-order valence-electron chi connectivity index (χ3n) is 1.87. The third kappa shape index (κ3) is 3.21. The van der Waals surface area contributed by atoms with Gasteiger partial charge >= 0.3 is 0 Å². The fourth-order valence-corrected chi connectivity index (χ4v) is 1.94. The van der Waals surface area contributed by atoms with Gasteiger partial charge in [0.15, 0.2) is 5.16 Å². The van der Waals surface area contributed by atoms with Gasteiger partial charge < -0.3 is 15.6 Å². The molecule has 6 nitrogen and oxygen atoms in total. The molecular weight excluding hydrogens is 214 g/mol. The minimum atomic E-state index is -0.0278. The largest absolute Gasteiger partial charge is 0.358 e. The van der Waals surface area contributed by atoms with Gasteiger partial charge in [0.05, 0.1) is 5.75 Å². The van der Waals surface area contributed by atoms with Gasteiger partial charge in [0.2, 0.25) is 5.91 Å². The number of nitrogens with one attached hydrogen (secondary N) is 1. The molecule has 1 aromatic heterocycles. The average Bonchev–Trinajstić information content (AvgIpc) is 2.58. The second-order valence-corrected chi connectivity index (χ2v) is 3.87. The van der Waals surface area contributed by atoms with Gasteiger partial charge in [-0.3, -0.25) is 4.79 Å². The monoisotopic (exact) mass is 229 g/mol. The van der Waals surface area contributed by atoms with Crippen molar-refractivity contribution in [3.8, 4) is 0 Å². The molecule has 1 aromatic rings. The summed E-state index contributed by atoms with van der Waals surface area (Å²) in [5.74, 6) is 1.14. The molecule has 0 aliphatic rings. The standard InChI is InChI=1S/C8H15N5OS/c1-6-11-12-8(13(6)4-3-9)15-5-7(14)10-2/h3-5,9H2,1-2H3,(H,10,14). The number of rotatable bonds is 5. The maximum Gasteiger partial charge on any atom is 0.230 e. The molecule has 0 radical (unpaired) electrons. The van der Waals surface area contributed by atoms with E-state index >= 15 is 0 Å². The average molecular weight is 229 g/mol. The van der Waals surface area contributed by atoms with Crippen molar-refractivity contribution in [3.05, 3.63) is 5.82 Å². The van der Waals surface area contributed by atoms with Crippen molar-refractivity contribution >= 4 is 17.7 Å². The lowest BCUT2D eigenvalue weighted by atomic mass is 10.6. The first kappa shape index (κ1) is 12.0. The van der Waals surface area contributed by atoms with Crippen LogP contribution in [0.4, 0.5) is 0 Å². The molecule has 0 fully saturated rings. The number of nitrogens with two attached hydrogens (primary N) is 1. The zero-order chi connectivity index (χ0) is 11.3. The van der Waals surface area contributed by atoms with Crippen molar-refractivity contribution in [2.24, 2.45) is 5.73 Å². The van der Waals surface area contributed by atoms with Crippen LogP contribution in [0.3, 0.4) is 0 Å². The van der Waals surface area contributed by atoms with Crippen LogP contribution in [-0.4, -0.2) is 40.0 Å². The highest BCUT2D eigenvalue weighted by atomic mass is 32.2. The molecule has 0 spiro atoms. The highest BCUT2D eigenvalue weighted by Gasteiger charge is 2.09. The van der Waals surface area contributed by atoms with E-state index in [9.17, 15) is 4.79 Å². The molecule has 1 rings (SSSR count). The Morgan fingerprint density at radius 3 is 2.93 bits per heavy atom. The van der Waals surface area contributed by atoms with E-state index in [1.54, 1.807) is 7.05 Å². The Kier molecular flexibility index (Phi) is 4.57. The molecular formula is C8H15N5OS. The normalized spacial score (nSPS) is 10.3. The van der Waals surface area contributed by atoms with Gasteiger partial charge in [-0.15, -0.1) is 10.2 Å². The molecule has 1 amide bonds. The van der Waals surface area contributed by atoms with E-state index in [0.717, 1.165) is 11.0 Å². The maximum absolute atomic E-state index is 11.0. The van der Waals surface area contributed by atoms with Crippen LogP contribution in [0.2, 0.25) is 0 Å². The molecule has 0 unspecified atom stereocenters. The number of carbonyl (C=O) groups is 1. The van der Waals surface area contributed by atoms with Crippen LogP contribution in [0.15, 0.2) is 5.16 Å². The van der Waals surface area contributed by atoms with Gasteiger partial charge in [-0.05, 0) is 6.92 Å². The number of carbonyl (C=O) groups excluding carboxylic acids is 1. The predicted octanol–water partition coefficient (Wildman–Crippen LogP) is -0.617. The molecule has 7 heteroatoms. The van der Waals surface area contributed by atoms with Gasteiger partial charge in [0.1, 0.15) is 5.82 Å². The molecule has 0 aliphatic carbocycles. The van der Waals surface area contributed by atoms with Gasteiger partial charge in [0.25, 0.3) is 0 Å². The van der Waals surface area contributed by atoms with E-state index in [0.29, 0.717) is 18.8 Å². The van der Waals surface area contributed by atoms with Crippen LogP contribution in [-0.2, 0) is 11.3 Å². The number of hydrogen-bond donors (Lipinski definition) is 2. The smallest absolute Gasteiger partial charge is 0.230 e. The van der Waals surface area contributed by atoms with Crippen LogP contribution < -0.4 is 11.1 Å². The van der Waals surface area contributed by atoms with Crippen molar-refractivity contribution in [2.75, 3.05) is 19.3 Å². The SMILES string of the molecule is CNC(=O)CSc1nnc(C)n1CCN. The number of nitrogens with zero attached hydrogens (tertiary/aromatic N) is 3. The van der Waals surface area contributed by atoms with Crippen LogP contribution >= 0.6 is 11.8 Å². The summed E-state index contributed by atoms with van der Waals surface area (Å²) in [7, 11) is 1.61. The number of aromatic nitrogens is 3. The van der Waals surface area contributed by atoms with E-state index in [4.69, 9.17) is 5.73 Å². The van der Waals surface area contributed by atoms with Gasteiger partial charge in [0, 0.05) is 20.1 Å². The Bertz CT molecular complexity index is 338. The summed E-state index contributed by atoms with van der Waals surface area (Å²) in [6, 6.07) is 0. The minimum Gasteiger partial charge on any atom is -0.358 e. The topological polar surface area (TPSA) is 85.8 Å². The summed E-state index contributed by atoms with van der Waals surface area (Å²) >= 11 is 1.36. The Morgan fingerprint density at radius 1 is 1.60 bits per heavy atom.